The maximum atomic E-state index is 6.46. The molecular formula is C42H38O2P2. The second kappa shape index (κ2) is 16.2. The van der Waals surface area contributed by atoms with Gasteiger partial charge in [-0.2, -0.15) is 0 Å². The van der Waals surface area contributed by atoms with E-state index in [9.17, 15) is 0 Å². The molecule has 0 fully saturated rings. The van der Waals surface area contributed by atoms with Crippen molar-refractivity contribution in [2.24, 2.45) is 0 Å². The first-order valence-corrected chi connectivity index (χ1v) is 17.8. The van der Waals surface area contributed by atoms with Crippen LogP contribution in [0.5, 0.6) is 11.5 Å². The monoisotopic (exact) mass is 636 g/mol. The van der Waals surface area contributed by atoms with Gasteiger partial charge in [-0.05, 0) is 50.8 Å². The number of rotatable bonds is 13. The molecule has 46 heavy (non-hydrogen) atoms. The number of hydrogen-bond acceptors (Lipinski definition) is 2. The zero-order chi connectivity index (χ0) is 31.4. The van der Waals surface area contributed by atoms with Crippen LogP contribution in [0.1, 0.15) is 19.8 Å². The Bertz CT molecular complexity index is 1880. The van der Waals surface area contributed by atoms with E-state index in [2.05, 4.69) is 159 Å². The van der Waals surface area contributed by atoms with E-state index in [1.807, 2.05) is 12.1 Å². The fourth-order valence-electron chi connectivity index (χ4n) is 5.40. The van der Waals surface area contributed by atoms with Crippen molar-refractivity contribution in [2.45, 2.75) is 19.8 Å². The van der Waals surface area contributed by atoms with E-state index in [0.717, 1.165) is 35.7 Å². The van der Waals surface area contributed by atoms with Gasteiger partial charge in [0.2, 0.25) is 0 Å². The SMILES string of the molecule is CCC(=CCCOc1ccccc1-c1ccccc1-c1ccccc1Pc1ccccc1)Oc1ccccc1Pc1ccccc1. The van der Waals surface area contributed by atoms with Crippen molar-refractivity contribution >= 4 is 38.4 Å². The summed E-state index contributed by atoms with van der Waals surface area (Å²) in [6.45, 7) is 2.70. The maximum Gasteiger partial charge on any atom is 0.134 e. The van der Waals surface area contributed by atoms with Crippen LogP contribution >= 0.6 is 17.2 Å². The third kappa shape index (κ3) is 8.21. The quantitative estimate of drug-likeness (QED) is 0.0715. The van der Waals surface area contributed by atoms with Crippen LogP contribution in [-0.4, -0.2) is 6.61 Å². The van der Waals surface area contributed by atoms with Gasteiger partial charge in [-0.15, -0.1) is 0 Å². The molecule has 6 rings (SSSR count). The van der Waals surface area contributed by atoms with Crippen molar-refractivity contribution in [3.8, 4) is 33.8 Å². The number of allylic oxidation sites excluding steroid dienone is 1. The van der Waals surface area contributed by atoms with Crippen molar-refractivity contribution in [3.63, 3.8) is 0 Å². The molecule has 2 atom stereocenters. The lowest BCUT2D eigenvalue weighted by Gasteiger charge is -2.17. The van der Waals surface area contributed by atoms with Gasteiger partial charge in [0.1, 0.15) is 11.5 Å². The van der Waals surface area contributed by atoms with E-state index in [4.69, 9.17) is 9.47 Å². The molecule has 0 bridgehead atoms. The van der Waals surface area contributed by atoms with E-state index in [0.29, 0.717) is 23.8 Å². The molecule has 4 heteroatoms. The van der Waals surface area contributed by atoms with Gasteiger partial charge in [-0.1, -0.05) is 170 Å². The Hall–Kier alpha value is -4.48. The normalized spacial score (nSPS) is 11.8. The third-order valence-electron chi connectivity index (χ3n) is 7.65. The standard InChI is InChI=1S/C42H38O2P2/c1-2-32(44-40-28-14-16-30-42(40)46-34-21-7-4-8-22-34)18-17-31-43-39-27-13-11-25-37(39)35-23-9-10-24-36(35)38-26-12-15-29-41(38)45-33-19-5-3-6-20-33/h3-16,18-30,45-46H,2,17,31H2,1H3. The molecule has 0 spiro atoms. The average molecular weight is 637 g/mol. The van der Waals surface area contributed by atoms with Gasteiger partial charge >= 0.3 is 0 Å². The highest BCUT2D eigenvalue weighted by atomic mass is 31.1. The number of hydrogen-bond donors (Lipinski definition) is 0. The second-order valence-corrected chi connectivity index (χ2v) is 13.6. The van der Waals surface area contributed by atoms with E-state index < -0.39 is 0 Å². The van der Waals surface area contributed by atoms with E-state index in [1.165, 1.54) is 37.9 Å². The smallest absolute Gasteiger partial charge is 0.134 e. The molecular weight excluding hydrogens is 598 g/mol. The minimum Gasteiger partial charge on any atom is -0.493 e. The van der Waals surface area contributed by atoms with Gasteiger partial charge in [-0.25, -0.2) is 0 Å². The van der Waals surface area contributed by atoms with Crippen molar-refractivity contribution in [1.82, 2.24) is 0 Å². The first-order valence-electron chi connectivity index (χ1n) is 15.8. The lowest BCUT2D eigenvalue weighted by molar-refractivity contribution is 0.322. The minimum absolute atomic E-state index is 0.548. The highest BCUT2D eigenvalue weighted by Crippen LogP contribution is 2.38. The van der Waals surface area contributed by atoms with E-state index >= 15 is 0 Å². The van der Waals surface area contributed by atoms with Crippen LogP contribution < -0.4 is 30.7 Å². The molecule has 0 aliphatic heterocycles. The number of benzene rings is 6. The van der Waals surface area contributed by atoms with Gasteiger partial charge < -0.3 is 9.47 Å². The predicted molar refractivity (Wildman–Crippen MR) is 201 cm³/mol. The Morgan fingerprint density at radius 1 is 0.500 bits per heavy atom. The summed E-state index contributed by atoms with van der Waals surface area (Å²) in [5.74, 6) is 2.77. The molecule has 228 valence electrons. The largest absolute Gasteiger partial charge is 0.493 e. The molecule has 0 saturated carbocycles. The molecule has 0 aliphatic carbocycles. The molecule has 6 aromatic carbocycles. The summed E-state index contributed by atoms with van der Waals surface area (Å²) in [7, 11) is 1.13. The van der Waals surface area contributed by atoms with Gasteiger partial charge in [0.25, 0.3) is 0 Å². The lowest BCUT2D eigenvalue weighted by Crippen LogP contribution is -2.08. The highest BCUT2D eigenvalue weighted by Gasteiger charge is 2.14. The van der Waals surface area contributed by atoms with Crippen LogP contribution in [0.3, 0.4) is 0 Å². The molecule has 0 N–H and O–H groups in total. The topological polar surface area (TPSA) is 18.5 Å². The Kier molecular flexibility index (Phi) is 11.1. The van der Waals surface area contributed by atoms with Crippen LogP contribution in [0.15, 0.2) is 170 Å². The van der Waals surface area contributed by atoms with Crippen molar-refractivity contribution in [1.29, 1.82) is 0 Å². The van der Waals surface area contributed by atoms with Crippen LogP contribution in [-0.2, 0) is 0 Å². The summed E-state index contributed by atoms with van der Waals surface area (Å²) in [5, 5.41) is 5.18. The Morgan fingerprint density at radius 3 is 1.63 bits per heavy atom. The van der Waals surface area contributed by atoms with Gasteiger partial charge in [0.15, 0.2) is 0 Å². The van der Waals surface area contributed by atoms with E-state index in [1.54, 1.807) is 0 Å². The summed E-state index contributed by atoms with van der Waals surface area (Å²) in [5.41, 5.74) is 4.75. The Balaban J connectivity index is 1.17. The molecule has 0 aliphatic rings. The summed E-state index contributed by atoms with van der Waals surface area (Å²) in [6, 6.07) is 55.4. The predicted octanol–water partition coefficient (Wildman–Crippen LogP) is 9.42. The average Bonchev–Trinajstić information content (AvgIpc) is 3.12. The number of ether oxygens (including phenoxy) is 2. The van der Waals surface area contributed by atoms with Gasteiger partial charge in [0, 0.05) is 23.7 Å². The Morgan fingerprint density at radius 2 is 0.978 bits per heavy atom. The maximum absolute atomic E-state index is 6.46. The molecule has 0 saturated heterocycles. The van der Waals surface area contributed by atoms with Gasteiger partial charge in [-0.3, -0.25) is 0 Å². The van der Waals surface area contributed by atoms with Crippen LogP contribution in [0.2, 0.25) is 0 Å². The van der Waals surface area contributed by atoms with Crippen LogP contribution in [0, 0.1) is 0 Å². The number of para-hydroxylation sites is 2. The summed E-state index contributed by atoms with van der Waals surface area (Å²) in [6.07, 6.45) is 3.73. The van der Waals surface area contributed by atoms with E-state index in [-0.39, 0.29) is 0 Å². The molecule has 0 amide bonds. The van der Waals surface area contributed by atoms with Crippen molar-refractivity contribution in [2.75, 3.05) is 6.61 Å². The molecule has 6 aromatic rings. The fourth-order valence-corrected chi connectivity index (χ4v) is 7.71. The van der Waals surface area contributed by atoms with Crippen LogP contribution in [0.4, 0.5) is 0 Å². The Labute approximate surface area is 276 Å². The van der Waals surface area contributed by atoms with Crippen LogP contribution in [0.25, 0.3) is 22.3 Å². The summed E-state index contributed by atoms with van der Waals surface area (Å²) >= 11 is 0. The third-order valence-corrected chi connectivity index (χ3v) is 10.3. The molecule has 0 heterocycles. The molecule has 2 unspecified atom stereocenters. The second-order valence-electron chi connectivity index (χ2n) is 10.8. The zero-order valence-electron chi connectivity index (χ0n) is 26.0. The minimum atomic E-state index is 0.548. The van der Waals surface area contributed by atoms with Crippen molar-refractivity contribution in [3.05, 3.63) is 170 Å². The molecule has 0 aromatic heterocycles. The first-order chi connectivity index (χ1) is 22.8. The summed E-state index contributed by atoms with van der Waals surface area (Å²) < 4.78 is 12.9. The van der Waals surface area contributed by atoms with Crippen molar-refractivity contribution < 1.29 is 9.47 Å². The highest BCUT2D eigenvalue weighted by molar-refractivity contribution is 7.56. The fraction of sp³-hybridized carbons (Fsp3) is 0.0952. The lowest BCUT2D eigenvalue weighted by atomic mass is 9.94. The van der Waals surface area contributed by atoms with Gasteiger partial charge in [0.05, 0.1) is 12.4 Å². The zero-order valence-corrected chi connectivity index (χ0v) is 28.0. The first kappa shape index (κ1) is 31.5. The summed E-state index contributed by atoms with van der Waals surface area (Å²) in [4.78, 5) is 0. The molecule has 0 radical (unpaired) electrons. The molecule has 2 nitrogen and oxygen atoms in total.